The zero-order valence-electron chi connectivity index (χ0n) is 11.9. The average Bonchev–Trinajstić information content (AvgIpc) is 2.93. The highest BCUT2D eigenvalue weighted by atomic mass is 127. The van der Waals surface area contributed by atoms with Gasteiger partial charge in [0, 0.05) is 15.1 Å². The summed E-state index contributed by atoms with van der Waals surface area (Å²) in [5, 5.41) is 0. The Hall–Kier alpha value is -0.910. The van der Waals surface area contributed by atoms with Crippen LogP contribution in [0.2, 0.25) is 0 Å². The quantitative estimate of drug-likeness (QED) is 0.564. The van der Waals surface area contributed by atoms with Gasteiger partial charge in [-0.05, 0) is 65.3 Å². The molecule has 3 atom stereocenters. The summed E-state index contributed by atoms with van der Waals surface area (Å²) in [5.74, 6) is 0.818. The maximum absolute atomic E-state index is 11.3. The Morgan fingerprint density at radius 2 is 2.20 bits per heavy atom. The Kier molecular flexibility index (Phi) is 3.60. The molecular weight excluding hydrogens is 365 g/mol. The number of aromatic nitrogens is 1. The van der Waals surface area contributed by atoms with Gasteiger partial charge < -0.3 is 9.21 Å². The molecule has 1 aromatic carbocycles. The molecule has 0 bridgehead atoms. The first-order valence-electron chi connectivity index (χ1n) is 7.06. The van der Waals surface area contributed by atoms with Gasteiger partial charge in [-0.3, -0.25) is 0 Å². The number of rotatable bonds is 2. The van der Waals surface area contributed by atoms with Crippen LogP contribution in [-0.4, -0.2) is 11.3 Å². The molecule has 1 aromatic heterocycles. The summed E-state index contributed by atoms with van der Waals surface area (Å²) >= 11 is 2.41. The van der Waals surface area contributed by atoms with E-state index in [0.29, 0.717) is 11.8 Å². The van der Waals surface area contributed by atoms with Crippen molar-refractivity contribution in [1.82, 2.24) is 4.98 Å². The summed E-state index contributed by atoms with van der Waals surface area (Å²) in [5.41, 5.74) is 5.67. The minimum Gasteiger partial charge on any atom is -0.443 e. The van der Waals surface area contributed by atoms with Crippen LogP contribution >= 0.6 is 22.6 Å². The van der Waals surface area contributed by atoms with Gasteiger partial charge >= 0.3 is 0 Å². The molecule has 2 aromatic rings. The maximum atomic E-state index is 11.3. The van der Waals surface area contributed by atoms with Crippen LogP contribution in [0.5, 0.6) is 0 Å². The van der Waals surface area contributed by atoms with E-state index in [1.165, 1.54) is 26.7 Å². The number of fused-ring (bicyclic) bond motifs is 3. The van der Waals surface area contributed by atoms with E-state index in [1.54, 1.807) is 0 Å². The molecule has 20 heavy (non-hydrogen) atoms. The summed E-state index contributed by atoms with van der Waals surface area (Å²) in [6.07, 6.45) is 4.79. The molecule has 1 aliphatic rings. The fraction of sp³-hybridized carbons (Fsp3) is 0.500. The lowest BCUT2D eigenvalue weighted by Crippen LogP contribution is -2.21. The summed E-state index contributed by atoms with van der Waals surface area (Å²) in [4.78, 5) is 15.6. The predicted octanol–water partition coefficient (Wildman–Crippen LogP) is 4.56. The second kappa shape index (κ2) is 5.13. The van der Waals surface area contributed by atoms with Gasteiger partial charge in [-0.2, -0.15) is 0 Å². The molecule has 4 heteroatoms. The number of carbonyl (C=O) groups excluding carboxylic acids is 1. The van der Waals surface area contributed by atoms with Gasteiger partial charge in [0.15, 0.2) is 12.0 Å². The van der Waals surface area contributed by atoms with Gasteiger partial charge in [-0.25, -0.2) is 4.98 Å². The van der Waals surface area contributed by atoms with Gasteiger partial charge in [0.05, 0.1) is 0 Å². The Labute approximate surface area is 132 Å². The SMILES string of the molecule is Cc1c(I)c2c(c3ocnc13)[C@@H](C)CC[C@@H]2[C@@H](C)C=O. The van der Waals surface area contributed by atoms with E-state index in [1.807, 2.05) is 6.92 Å². The van der Waals surface area contributed by atoms with Crippen LogP contribution in [0.4, 0.5) is 0 Å². The number of halogens is 1. The third-order valence-electron chi connectivity index (χ3n) is 4.65. The number of hydrogen-bond acceptors (Lipinski definition) is 3. The van der Waals surface area contributed by atoms with Crippen molar-refractivity contribution in [2.75, 3.05) is 0 Å². The number of aryl methyl sites for hydroxylation is 1. The number of nitrogens with zero attached hydrogens (tertiary/aromatic N) is 1. The summed E-state index contributed by atoms with van der Waals surface area (Å²) in [6, 6.07) is 0. The molecule has 0 aliphatic heterocycles. The smallest absolute Gasteiger partial charge is 0.182 e. The Morgan fingerprint density at radius 3 is 2.90 bits per heavy atom. The Morgan fingerprint density at radius 1 is 1.45 bits per heavy atom. The summed E-state index contributed by atoms with van der Waals surface area (Å²) in [6.45, 7) is 6.36. The van der Waals surface area contributed by atoms with E-state index >= 15 is 0 Å². The highest BCUT2D eigenvalue weighted by molar-refractivity contribution is 14.1. The third kappa shape index (κ3) is 1.91. The molecular formula is C16H18INO2. The molecule has 0 amide bonds. The zero-order valence-corrected chi connectivity index (χ0v) is 14.1. The standard InChI is InChI=1S/C16H18INO2/c1-8-4-5-11(9(2)6-19)13-12(8)16-15(18-7-20-16)10(3)14(13)17/h6-9,11H,4-5H2,1-3H3/t8-,9-,11+/m0/s1. The lowest BCUT2D eigenvalue weighted by atomic mass is 9.72. The van der Waals surface area contributed by atoms with Gasteiger partial charge in [0.1, 0.15) is 11.8 Å². The maximum Gasteiger partial charge on any atom is 0.182 e. The molecule has 0 fully saturated rings. The van der Waals surface area contributed by atoms with E-state index in [-0.39, 0.29) is 5.92 Å². The number of oxazole rings is 1. The number of carbonyl (C=O) groups is 1. The Bertz CT molecular complexity index is 677. The van der Waals surface area contributed by atoms with Crippen molar-refractivity contribution >= 4 is 40.0 Å². The van der Waals surface area contributed by atoms with Gasteiger partial charge in [-0.1, -0.05) is 13.8 Å². The highest BCUT2D eigenvalue weighted by Gasteiger charge is 2.34. The van der Waals surface area contributed by atoms with Crippen molar-refractivity contribution in [3.63, 3.8) is 0 Å². The first kappa shape index (κ1) is 14.0. The predicted molar refractivity (Wildman–Crippen MR) is 87.1 cm³/mol. The van der Waals surface area contributed by atoms with E-state index in [0.717, 1.165) is 30.2 Å². The van der Waals surface area contributed by atoms with Crippen LogP contribution < -0.4 is 0 Å². The second-order valence-electron chi connectivity index (χ2n) is 5.88. The first-order chi connectivity index (χ1) is 9.56. The van der Waals surface area contributed by atoms with E-state index in [4.69, 9.17) is 4.42 Å². The number of benzene rings is 1. The third-order valence-corrected chi connectivity index (χ3v) is 6.04. The Balaban J connectivity index is 2.35. The zero-order chi connectivity index (χ0) is 14.4. The minimum absolute atomic E-state index is 0.0505. The van der Waals surface area contributed by atoms with Gasteiger partial charge in [0.25, 0.3) is 0 Å². The van der Waals surface area contributed by atoms with Crippen LogP contribution in [0.3, 0.4) is 0 Å². The number of aldehydes is 1. The van der Waals surface area contributed by atoms with Crippen LogP contribution in [0.1, 0.15) is 55.2 Å². The molecule has 0 radical (unpaired) electrons. The molecule has 0 N–H and O–H groups in total. The van der Waals surface area contributed by atoms with Crippen LogP contribution in [0, 0.1) is 16.4 Å². The van der Waals surface area contributed by atoms with Crippen molar-refractivity contribution in [1.29, 1.82) is 0 Å². The van der Waals surface area contributed by atoms with Crippen molar-refractivity contribution < 1.29 is 9.21 Å². The fourth-order valence-electron chi connectivity index (χ4n) is 3.44. The number of hydrogen-bond donors (Lipinski definition) is 0. The monoisotopic (exact) mass is 383 g/mol. The molecule has 1 heterocycles. The van der Waals surface area contributed by atoms with E-state index < -0.39 is 0 Å². The molecule has 0 saturated heterocycles. The first-order valence-corrected chi connectivity index (χ1v) is 8.14. The second-order valence-corrected chi connectivity index (χ2v) is 6.96. The molecule has 3 rings (SSSR count). The van der Waals surface area contributed by atoms with Crippen molar-refractivity contribution in [3.8, 4) is 0 Å². The largest absolute Gasteiger partial charge is 0.443 e. The molecule has 1 aliphatic carbocycles. The van der Waals surface area contributed by atoms with E-state index in [9.17, 15) is 4.79 Å². The molecule has 3 nitrogen and oxygen atoms in total. The summed E-state index contributed by atoms with van der Waals surface area (Å²) < 4.78 is 6.94. The highest BCUT2D eigenvalue weighted by Crippen LogP contribution is 2.47. The molecule has 0 saturated carbocycles. The topological polar surface area (TPSA) is 43.1 Å². The van der Waals surface area contributed by atoms with Crippen LogP contribution in [0.15, 0.2) is 10.8 Å². The van der Waals surface area contributed by atoms with Crippen molar-refractivity contribution in [2.45, 2.75) is 45.4 Å². The van der Waals surface area contributed by atoms with Crippen LogP contribution in [0.25, 0.3) is 11.1 Å². The van der Waals surface area contributed by atoms with Crippen molar-refractivity contribution in [3.05, 3.63) is 26.7 Å². The summed E-state index contributed by atoms with van der Waals surface area (Å²) in [7, 11) is 0. The molecule has 106 valence electrons. The normalized spacial score (nSPS) is 23.6. The molecule has 0 unspecified atom stereocenters. The molecule has 0 spiro atoms. The lowest BCUT2D eigenvalue weighted by Gasteiger charge is -2.33. The van der Waals surface area contributed by atoms with Crippen LogP contribution in [-0.2, 0) is 4.79 Å². The minimum atomic E-state index is 0.0505. The fourth-order valence-corrected chi connectivity index (χ4v) is 4.39. The van der Waals surface area contributed by atoms with E-state index in [2.05, 4.69) is 41.4 Å². The average molecular weight is 383 g/mol. The van der Waals surface area contributed by atoms with Gasteiger partial charge in [0.2, 0.25) is 0 Å². The van der Waals surface area contributed by atoms with Gasteiger partial charge in [-0.15, -0.1) is 0 Å². The van der Waals surface area contributed by atoms with Crippen molar-refractivity contribution in [2.24, 2.45) is 5.92 Å². The lowest BCUT2D eigenvalue weighted by molar-refractivity contribution is -0.111.